The molecule has 1 amide bonds. The fourth-order valence-corrected chi connectivity index (χ4v) is 5.95. The lowest BCUT2D eigenvalue weighted by Gasteiger charge is -2.45. The topological polar surface area (TPSA) is 109 Å². The van der Waals surface area contributed by atoms with Crippen LogP contribution in [-0.2, 0) is 9.47 Å². The molecule has 8 nitrogen and oxygen atoms in total. The third-order valence-corrected chi connectivity index (χ3v) is 8.11. The van der Waals surface area contributed by atoms with Crippen molar-refractivity contribution in [2.24, 2.45) is 5.41 Å². The molecule has 31 heavy (non-hydrogen) atoms. The zero-order chi connectivity index (χ0) is 22.4. The molecule has 2 N–H and O–H groups in total. The van der Waals surface area contributed by atoms with Crippen LogP contribution in [0.5, 0.6) is 0 Å². The van der Waals surface area contributed by atoms with Crippen LogP contribution in [0, 0.1) is 5.41 Å². The summed E-state index contributed by atoms with van der Waals surface area (Å²) < 4.78 is 11.2. The first-order chi connectivity index (χ1) is 14.9. The van der Waals surface area contributed by atoms with Crippen molar-refractivity contribution in [3.05, 3.63) is 23.2 Å². The van der Waals surface area contributed by atoms with Crippen LogP contribution >= 0.6 is 23.1 Å². The highest BCUT2D eigenvalue weighted by Gasteiger charge is 2.42. The summed E-state index contributed by atoms with van der Waals surface area (Å²) in [6, 6.07) is -0.246. The molecular formula is C21H30N2O6S2. The molecule has 0 spiro atoms. The van der Waals surface area contributed by atoms with Gasteiger partial charge in [-0.25, -0.2) is 14.6 Å². The Morgan fingerprint density at radius 2 is 2.32 bits per heavy atom. The van der Waals surface area contributed by atoms with Gasteiger partial charge in [-0.05, 0) is 38.0 Å². The van der Waals surface area contributed by atoms with Crippen molar-refractivity contribution in [1.29, 1.82) is 0 Å². The highest BCUT2D eigenvalue weighted by molar-refractivity contribution is 8.01. The molecule has 10 heteroatoms. The van der Waals surface area contributed by atoms with Crippen molar-refractivity contribution in [3.8, 4) is 0 Å². The van der Waals surface area contributed by atoms with Crippen LogP contribution in [0.2, 0.25) is 0 Å². The minimum absolute atomic E-state index is 0.0342. The number of methoxy groups -OCH3 is 1. The number of aliphatic hydroxyl groups excluding tert-OH is 1. The molecule has 1 aliphatic heterocycles. The van der Waals surface area contributed by atoms with Gasteiger partial charge in [-0.1, -0.05) is 30.3 Å². The Balaban J connectivity index is 1.56. The number of thiazole rings is 1. The van der Waals surface area contributed by atoms with Gasteiger partial charge in [0.2, 0.25) is 0 Å². The van der Waals surface area contributed by atoms with Gasteiger partial charge in [0.15, 0.2) is 10.0 Å². The van der Waals surface area contributed by atoms with Gasteiger partial charge in [0, 0.05) is 31.4 Å². The van der Waals surface area contributed by atoms with Crippen molar-refractivity contribution in [2.75, 3.05) is 26.0 Å². The van der Waals surface area contributed by atoms with Crippen LogP contribution in [0.15, 0.2) is 21.9 Å². The van der Waals surface area contributed by atoms with E-state index in [9.17, 15) is 14.7 Å². The molecule has 0 radical (unpaired) electrons. The third kappa shape index (κ3) is 5.79. The Morgan fingerprint density at radius 3 is 2.94 bits per heavy atom. The Hall–Kier alpha value is -1.62. The molecule has 1 unspecified atom stereocenters. The number of ether oxygens (including phenoxy) is 2. The first-order valence-electron chi connectivity index (χ1n) is 10.5. The highest BCUT2D eigenvalue weighted by atomic mass is 32.2. The number of carbonyl (C=O) groups is 2. The number of cyclic esters (lactones) is 1. The van der Waals surface area contributed by atoms with Gasteiger partial charge in [0.1, 0.15) is 6.10 Å². The van der Waals surface area contributed by atoms with Crippen molar-refractivity contribution in [1.82, 2.24) is 9.88 Å². The second-order valence-corrected chi connectivity index (χ2v) is 10.3. The molecule has 2 fully saturated rings. The molecule has 2 heterocycles. The number of aromatic carboxylic acids is 1. The van der Waals surface area contributed by atoms with E-state index in [1.807, 2.05) is 19.1 Å². The van der Waals surface area contributed by atoms with Crippen molar-refractivity contribution < 1.29 is 29.3 Å². The molecule has 0 bridgehead atoms. The van der Waals surface area contributed by atoms with Crippen molar-refractivity contribution >= 4 is 35.2 Å². The molecule has 1 saturated heterocycles. The van der Waals surface area contributed by atoms with Crippen LogP contribution in [0.25, 0.3) is 0 Å². The number of aromatic nitrogens is 1. The number of hydrogen-bond donors (Lipinski definition) is 2. The SMILES string of the molecule is COCCCC1(C(O)C=C[C@H]2[C@H](C)OC(=O)N2CCSc2nc(C(=O)O)cs2)CCC1. The Bertz CT molecular complexity index is 795. The number of rotatable bonds is 12. The van der Waals surface area contributed by atoms with Crippen LogP contribution in [0.3, 0.4) is 0 Å². The Morgan fingerprint density at radius 1 is 1.55 bits per heavy atom. The molecule has 172 valence electrons. The number of nitrogens with zero attached hydrogens (tertiary/aromatic N) is 2. The molecular weight excluding hydrogens is 440 g/mol. The fraction of sp³-hybridized carbons (Fsp3) is 0.667. The predicted octanol–water partition coefficient (Wildman–Crippen LogP) is 3.66. The quantitative estimate of drug-likeness (QED) is 0.271. The number of carboxylic acid groups (broad SMARTS) is 1. The van der Waals surface area contributed by atoms with Gasteiger partial charge in [-0.15, -0.1) is 11.3 Å². The number of hydrogen-bond acceptors (Lipinski definition) is 8. The van der Waals surface area contributed by atoms with Crippen molar-refractivity contribution in [2.45, 2.75) is 61.6 Å². The van der Waals surface area contributed by atoms with Gasteiger partial charge in [-0.2, -0.15) is 0 Å². The summed E-state index contributed by atoms with van der Waals surface area (Å²) in [5.41, 5.74) is -0.0540. The smallest absolute Gasteiger partial charge is 0.410 e. The summed E-state index contributed by atoms with van der Waals surface area (Å²) in [7, 11) is 1.69. The van der Waals surface area contributed by atoms with Gasteiger partial charge in [-0.3, -0.25) is 4.90 Å². The third-order valence-electron chi connectivity index (χ3n) is 6.11. The Labute approximate surface area is 190 Å². The Kier molecular flexibility index (Phi) is 8.37. The second kappa shape index (κ2) is 10.8. The normalized spacial score (nSPS) is 23.7. The summed E-state index contributed by atoms with van der Waals surface area (Å²) >= 11 is 2.69. The van der Waals surface area contributed by atoms with E-state index in [2.05, 4.69) is 4.98 Å². The number of amides is 1. The average molecular weight is 471 g/mol. The van der Waals surface area contributed by atoms with E-state index in [0.29, 0.717) is 23.2 Å². The predicted molar refractivity (Wildman–Crippen MR) is 119 cm³/mol. The van der Waals surface area contributed by atoms with E-state index >= 15 is 0 Å². The van der Waals surface area contributed by atoms with Crippen LogP contribution in [0.4, 0.5) is 4.79 Å². The standard InChI is InChI=1S/C21H30N2O6S2/c1-14-16(5-6-17(24)21(7-3-8-21)9-4-11-28-2)23(20(27)29-14)10-12-30-19-22-15(13-31-19)18(25)26/h5-6,13-14,16-17,24H,3-4,7-12H2,1-2H3,(H,25,26)/t14-,16-,17?/m0/s1. The molecule has 0 aromatic carbocycles. The fourth-order valence-electron chi connectivity index (χ4n) is 4.14. The van der Waals surface area contributed by atoms with E-state index in [1.165, 1.54) is 28.5 Å². The zero-order valence-electron chi connectivity index (χ0n) is 17.9. The van der Waals surface area contributed by atoms with E-state index in [1.54, 1.807) is 12.0 Å². The van der Waals surface area contributed by atoms with Crippen molar-refractivity contribution in [3.63, 3.8) is 0 Å². The average Bonchev–Trinajstić information content (AvgIpc) is 3.27. The van der Waals surface area contributed by atoms with Crippen LogP contribution in [0.1, 0.15) is 49.5 Å². The van der Waals surface area contributed by atoms with E-state index in [0.717, 1.165) is 32.1 Å². The largest absolute Gasteiger partial charge is 0.476 e. The minimum atomic E-state index is -1.05. The lowest BCUT2D eigenvalue weighted by Crippen LogP contribution is -2.41. The molecule has 1 aromatic heterocycles. The monoisotopic (exact) mass is 470 g/mol. The molecule has 1 saturated carbocycles. The highest BCUT2D eigenvalue weighted by Crippen LogP contribution is 2.48. The number of thioether (sulfide) groups is 1. The second-order valence-electron chi connectivity index (χ2n) is 8.07. The lowest BCUT2D eigenvalue weighted by molar-refractivity contribution is -0.0183. The van der Waals surface area contributed by atoms with Crippen LogP contribution in [-0.4, -0.2) is 76.4 Å². The molecule has 1 aromatic rings. The van der Waals surface area contributed by atoms with Gasteiger partial charge in [0.25, 0.3) is 0 Å². The number of carbonyl (C=O) groups excluding carboxylic acids is 1. The molecule has 1 aliphatic carbocycles. The maximum Gasteiger partial charge on any atom is 0.410 e. The molecule has 3 rings (SSSR count). The first kappa shape index (κ1) is 24.0. The van der Waals surface area contributed by atoms with E-state index < -0.39 is 12.1 Å². The summed E-state index contributed by atoms with van der Waals surface area (Å²) in [6.07, 6.45) is 7.48. The molecule has 3 atom stereocenters. The summed E-state index contributed by atoms with van der Waals surface area (Å²) in [5.74, 6) is -0.474. The van der Waals surface area contributed by atoms with E-state index in [4.69, 9.17) is 14.6 Å². The minimum Gasteiger partial charge on any atom is -0.476 e. The summed E-state index contributed by atoms with van der Waals surface area (Å²) in [4.78, 5) is 29.0. The van der Waals surface area contributed by atoms with Gasteiger partial charge in [0.05, 0.1) is 12.1 Å². The van der Waals surface area contributed by atoms with E-state index in [-0.39, 0.29) is 29.3 Å². The maximum absolute atomic E-state index is 12.3. The maximum atomic E-state index is 12.3. The molecule has 2 aliphatic rings. The number of carboxylic acids is 1. The number of aliphatic hydroxyl groups is 1. The van der Waals surface area contributed by atoms with Gasteiger partial charge >= 0.3 is 12.1 Å². The lowest BCUT2D eigenvalue weighted by atomic mass is 9.62. The van der Waals surface area contributed by atoms with Crippen LogP contribution < -0.4 is 0 Å². The zero-order valence-corrected chi connectivity index (χ0v) is 19.5. The van der Waals surface area contributed by atoms with Gasteiger partial charge < -0.3 is 19.7 Å². The summed E-state index contributed by atoms with van der Waals surface area (Å²) in [6.45, 7) is 2.99. The first-order valence-corrected chi connectivity index (χ1v) is 12.4. The summed E-state index contributed by atoms with van der Waals surface area (Å²) in [5, 5.41) is 21.3.